The second-order valence-corrected chi connectivity index (χ2v) is 5.10. The summed E-state index contributed by atoms with van der Waals surface area (Å²) in [4.78, 5) is 12.0. The lowest BCUT2D eigenvalue weighted by molar-refractivity contribution is 0.102. The molecule has 2 aromatic rings. The lowest BCUT2D eigenvalue weighted by atomic mass is 10.1. The minimum Gasteiger partial charge on any atom is -0.508 e. The summed E-state index contributed by atoms with van der Waals surface area (Å²) >= 11 is 2.16. The lowest BCUT2D eigenvalue weighted by Gasteiger charge is -2.08. The summed E-state index contributed by atoms with van der Waals surface area (Å²) in [6.45, 7) is 1.79. The van der Waals surface area contributed by atoms with Crippen LogP contribution in [-0.2, 0) is 0 Å². The van der Waals surface area contributed by atoms with Gasteiger partial charge in [-0.2, -0.15) is 0 Å². The molecule has 0 aliphatic rings. The number of benzene rings is 2. The Bertz CT molecular complexity index is 596. The number of para-hydroxylation sites is 1. The normalized spacial score (nSPS) is 10.1. The van der Waals surface area contributed by atoms with Gasteiger partial charge in [0.2, 0.25) is 0 Å². The summed E-state index contributed by atoms with van der Waals surface area (Å²) in [6.07, 6.45) is 0. The van der Waals surface area contributed by atoms with E-state index in [1.54, 1.807) is 19.1 Å². The van der Waals surface area contributed by atoms with E-state index in [-0.39, 0.29) is 11.7 Å². The highest BCUT2D eigenvalue weighted by atomic mass is 127. The Morgan fingerprint density at radius 2 is 1.94 bits per heavy atom. The summed E-state index contributed by atoms with van der Waals surface area (Å²) in [5.41, 5.74) is 1.96. The highest BCUT2D eigenvalue weighted by Crippen LogP contribution is 2.20. The molecule has 0 spiro atoms. The molecule has 0 aromatic heterocycles. The number of halogens is 1. The highest BCUT2D eigenvalue weighted by Gasteiger charge is 2.09. The molecule has 92 valence electrons. The molecule has 2 N–H and O–H groups in total. The fourth-order valence-electron chi connectivity index (χ4n) is 1.51. The van der Waals surface area contributed by atoms with Gasteiger partial charge < -0.3 is 10.4 Å². The second kappa shape index (κ2) is 5.39. The van der Waals surface area contributed by atoms with Crippen molar-refractivity contribution in [3.05, 3.63) is 57.2 Å². The minimum absolute atomic E-state index is 0.130. The van der Waals surface area contributed by atoms with E-state index >= 15 is 0 Å². The molecule has 3 nitrogen and oxygen atoms in total. The lowest BCUT2D eigenvalue weighted by Crippen LogP contribution is -2.12. The third kappa shape index (κ3) is 2.81. The molecule has 0 saturated heterocycles. The van der Waals surface area contributed by atoms with Gasteiger partial charge in [0.15, 0.2) is 0 Å². The smallest absolute Gasteiger partial charge is 0.255 e. The predicted octanol–water partition coefficient (Wildman–Crippen LogP) is 3.56. The van der Waals surface area contributed by atoms with Crippen molar-refractivity contribution in [2.24, 2.45) is 0 Å². The highest BCUT2D eigenvalue weighted by molar-refractivity contribution is 14.1. The van der Waals surface area contributed by atoms with Crippen molar-refractivity contribution in [3.63, 3.8) is 0 Å². The molecule has 1 amide bonds. The number of phenols is 1. The molecular formula is C14H12INO2. The van der Waals surface area contributed by atoms with Crippen molar-refractivity contribution in [2.75, 3.05) is 5.32 Å². The first-order chi connectivity index (χ1) is 8.58. The van der Waals surface area contributed by atoms with Crippen LogP contribution in [0, 0.1) is 10.5 Å². The fourth-order valence-corrected chi connectivity index (χ4v) is 2.03. The predicted molar refractivity (Wildman–Crippen MR) is 80.0 cm³/mol. The molecule has 4 heteroatoms. The summed E-state index contributed by atoms with van der Waals surface area (Å²) in [5, 5.41) is 12.4. The van der Waals surface area contributed by atoms with E-state index in [4.69, 9.17) is 0 Å². The van der Waals surface area contributed by atoms with Crippen LogP contribution in [0.15, 0.2) is 42.5 Å². The Morgan fingerprint density at radius 3 is 2.61 bits per heavy atom. The number of hydrogen-bond acceptors (Lipinski definition) is 2. The van der Waals surface area contributed by atoms with Crippen molar-refractivity contribution in [1.29, 1.82) is 0 Å². The summed E-state index contributed by atoms with van der Waals surface area (Å²) in [7, 11) is 0. The molecule has 0 unspecified atom stereocenters. The number of anilines is 1. The number of carbonyl (C=O) groups is 1. The fraction of sp³-hybridized carbons (Fsp3) is 0.0714. The quantitative estimate of drug-likeness (QED) is 0.812. The van der Waals surface area contributed by atoms with Crippen molar-refractivity contribution >= 4 is 34.2 Å². The van der Waals surface area contributed by atoms with Gasteiger partial charge in [-0.3, -0.25) is 4.79 Å². The van der Waals surface area contributed by atoms with Crippen molar-refractivity contribution in [1.82, 2.24) is 0 Å². The zero-order valence-electron chi connectivity index (χ0n) is 9.77. The topological polar surface area (TPSA) is 49.3 Å². The van der Waals surface area contributed by atoms with Crippen LogP contribution in [0.4, 0.5) is 5.69 Å². The van der Waals surface area contributed by atoms with Crippen LogP contribution in [0.25, 0.3) is 0 Å². The Labute approximate surface area is 119 Å². The first kappa shape index (κ1) is 12.9. The summed E-state index contributed by atoms with van der Waals surface area (Å²) in [6, 6.07) is 12.4. The molecule has 0 aliphatic carbocycles. The van der Waals surface area contributed by atoms with Crippen LogP contribution in [0.1, 0.15) is 15.9 Å². The molecule has 2 aromatic carbocycles. The number of hydrogen-bond donors (Lipinski definition) is 2. The number of aromatic hydroxyl groups is 1. The Balaban J connectivity index is 2.22. The van der Waals surface area contributed by atoms with Gasteiger partial charge in [0.05, 0.1) is 5.69 Å². The molecular weight excluding hydrogens is 341 g/mol. The number of aryl methyl sites for hydroxylation is 1. The van der Waals surface area contributed by atoms with E-state index in [1.807, 2.05) is 24.3 Å². The first-order valence-corrected chi connectivity index (χ1v) is 6.51. The van der Waals surface area contributed by atoms with Crippen molar-refractivity contribution in [2.45, 2.75) is 6.92 Å². The number of nitrogens with one attached hydrogen (secondary N) is 1. The maximum Gasteiger partial charge on any atom is 0.255 e. The molecule has 0 bridgehead atoms. The Hall–Kier alpha value is -1.56. The average Bonchev–Trinajstić information content (AvgIpc) is 2.35. The van der Waals surface area contributed by atoms with Gasteiger partial charge in [0.25, 0.3) is 5.91 Å². The largest absolute Gasteiger partial charge is 0.508 e. The van der Waals surface area contributed by atoms with E-state index in [1.165, 1.54) is 6.07 Å². The van der Waals surface area contributed by atoms with Crippen LogP contribution >= 0.6 is 22.6 Å². The number of carbonyl (C=O) groups excluding carboxylic acids is 1. The molecule has 0 radical (unpaired) electrons. The van der Waals surface area contributed by atoms with Crippen molar-refractivity contribution < 1.29 is 9.90 Å². The maximum atomic E-state index is 12.0. The molecule has 2 rings (SSSR count). The Kier molecular flexibility index (Phi) is 3.86. The van der Waals surface area contributed by atoms with Crippen LogP contribution in [0.3, 0.4) is 0 Å². The zero-order valence-corrected chi connectivity index (χ0v) is 11.9. The number of phenolic OH excluding ortho intramolecular Hbond substituents is 1. The Morgan fingerprint density at radius 1 is 1.22 bits per heavy atom. The molecule has 0 aliphatic heterocycles. The second-order valence-electron chi connectivity index (χ2n) is 3.94. The third-order valence-corrected chi connectivity index (χ3v) is 3.53. The number of rotatable bonds is 2. The van der Waals surface area contributed by atoms with Gasteiger partial charge in [-0.05, 0) is 59.3 Å². The minimum atomic E-state index is -0.227. The van der Waals surface area contributed by atoms with Gasteiger partial charge >= 0.3 is 0 Å². The standard InChI is InChI=1S/C14H12INO2/c1-9-6-7-10(8-13(9)17)14(18)16-12-5-3-2-4-11(12)15/h2-8,17H,1H3,(H,16,18). The van der Waals surface area contributed by atoms with Crippen molar-refractivity contribution in [3.8, 4) is 5.75 Å². The van der Waals surface area contributed by atoms with E-state index < -0.39 is 0 Å². The summed E-state index contributed by atoms with van der Waals surface area (Å²) < 4.78 is 0.972. The van der Waals surface area contributed by atoms with Gasteiger partial charge in [-0.1, -0.05) is 18.2 Å². The van der Waals surface area contributed by atoms with Crippen LogP contribution in [0.5, 0.6) is 5.75 Å². The van der Waals surface area contributed by atoms with E-state index in [9.17, 15) is 9.90 Å². The summed E-state index contributed by atoms with van der Waals surface area (Å²) in [5.74, 6) is -0.0974. The monoisotopic (exact) mass is 353 g/mol. The van der Waals surface area contributed by atoms with Crippen LogP contribution in [0.2, 0.25) is 0 Å². The van der Waals surface area contributed by atoms with E-state index in [0.29, 0.717) is 5.56 Å². The zero-order chi connectivity index (χ0) is 13.1. The SMILES string of the molecule is Cc1ccc(C(=O)Nc2ccccc2I)cc1O. The molecule has 18 heavy (non-hydrogen) atoms. The molecule has 0 heterocycles. The molecule has 0 atom stereocenters. The maximum absolute atomic E-state index is 12.0. The van der Waals surface area contributed by atoms with Gasteiger partial charge in [-0.15, -0.1) is 0 Å². The van der Waals surface area contributed by atoms with E-state index in [0.717, 1.165) is 14.8 Å². The van der Waals surface area contributed by atoms with E-state index in [2.05, 4.69) is 27.9 Å². The molecule has 0 fully saturated rings. The third-order valence-electron chi connectivity index (χ3n) is 2.59. The van der Waals surface area contributed by atoms with Crippen LogP contribution < -0.4 is 5.32 Å². The average molecular weight is 353 g/mol. The first-order valence-electron chi connectivity index (χ1n) is 5.43. The van der Waals surface area contributed by atoms with Gasteiger partial charge in [-0.25, -0.2) is 0 Å². The number of amides is 1. The van der Waals surface area contributed by atoms with Crippen LogP contribution in [-0.4, -0.2) is 11.0 Å². The molecule has 0 saturated carbocycles. The van der Waals surface area contributed by atoms with Gasteiger partial charge in [0.1, 0.15) is 5.75 Å². The van der Waals surface area contributed by atoms with Gasteiger partial charge in [0, 0.05) is 9.13 Å².